The molecular weight excluding hydrogens is 224 g/mol. The van der Waals surface area contributed by atoms with E-state index in [1.807, 2.05) is 25.9 Å². The summed E-state index contributed by atoms with van der Waals surface area (Å²) >= 11 is 0. The maximum absolute atomic E-state index is 11.6. The molecule has 96 valence electrons. The molecule has 1 aromatic heterocycles. The fourth-order valence-corrected chi connectivity index (χ4v) is 1.06. The summed E-state index contributed by atoms with van der Waals surface area (Å²) in [6.45, 7) is 4.32. The summed E-state index contributed by atoms with van der Waals surface area (Å²) in [5, 5.41) is 9.90. The number of nitrogens with one attached hydrogen (secondary N) is 1. The lowest BCUT2D eigenvalue weighted by Crippen LogP contribution is -2.42. The number of amides is 1. The molecular formula is C10H18N4O3. The van der Waals surface area contributed by atoms with Gasteiger partial charge in [-0.25, -0.2) is 4.63 Å². The highest BCUT2D eigenvalue weighted by molar-refractivity contribution is 5.81. The summed E-state index contributed by atoms with van der Waals surface area (Å²) in [5.74, 6) is 0.327. The molecule has 0 aliphatic rings. The van der Waals surface area contributed by atoms with Crippen molar-refractivity contribution in [3.63, 3.8) is 0 Å². The van der Waals surface area contributed by atoms with Crippen LogP contribution in [-0.2, 0) is 4.79 Å². The minimum Gasteiger partial charge on any atom is -0.472 e. The Labute approximate surface area is 100 Å². The summed E-state index contributed by atoms with van der Waals surface area (Å²) in [4.78, 5) is 13.4. The Kier molecular flexibility index (Phi) is 4.89. The van der Waals surface area contributed by atoms with Crippen LogP contribution in [0.4, 0.5) is 0 Å². The Hall–Kier alpha value is -1.63. The van der Waals surface area contributed by atoms with Crippen LogP contribution in [0.1, 0.15) is 12.6 Å². The third kappa shape index (κ3) is 4.03. The van der Waals surface area contributed by atoms with E-state index in [0.717, 1.165) is 0 Å². The van der Waals surface area contributed by atoms with Gasteiger partial charge in [-0.05, 0) is 33.1 Å². The molecule has 0 aromatic carbocycles. The predicted octanol–water partition coefficient (Wildman–Crippen LogP) is -0.177. The topological polar surface area (TPSA) is 80.5 Å². The second-order valence-electron chi connectivity index (χ2n) is 3.93. The van der Waals surface area contributed by atoms with E-state index in [9.17, 15) is 4.79 Å². The van der Waals surface area contributed by atoms with Crippen molar-refractivity contribution in [2.45, 2.75) is 19.9 Å². The lowest BCUT2D eigenvalue weighted by molar-refractivity contribution is -0.125. The van der Waals surface area contributed by atoms with Crippen molar-refractivity contribution in [3.8, 4) is 5.88 Å². The summed E-state index contributed by atoms with van der Waals surface area (Å²) in [5.41, 5.74) is 0.595. The largest absolute Gasteiger partial charge is 0.472 e. The van der Waals surface area contributed by atoms with Gasteiger partial charge in [-0.1, -0.05) is 5.16 Å². The van der Waals surface area contributed by atoms with Gasteiger partial charge in [0.2, 0.25) is 5.91 Å². The number of ether oxygens (including phenoxy) is 1. The van der Waals surface area contributed by atoms with E-state index in [1.54, 1.807) is 6.92 Å². The van der Waals surface area contributed by atoms with Crippen LogP contribution in [0.25, 0.3) is 0 Å². The Bertz CT molecular complexity index is 364. The van der Waals surface area contributed by atoms with Gasteiger partial charge in [0.1, 0.15) is 12.3 Å². The van der Waals surface area contributed by atoms with Crippen molar-refractivity contribution in [1.29, 1.82) is 0 Å². The molecule has 0 radical (unpaired) electrons. The molecule has 0 spiro atoms. The molecule has 0 saturated carbocycles. The van der Waals surface area contributed by atoms with Crippen LogP contribution < -0.4 is 10.1 Å². The maximum Gasteiger partial charge on any atom is 0.278 e. The standard InChI is InChI=1S/C10H18N4O3/c1-7-10(13-17-12-7)16-6-5-11-9(15)8(2)14(3)4/h8H,5-6H2,1-4H3,(H,11,15). The second kappa shape index (κ2) is 6.19. The number of hydrogen-bond donors (Lipinski definition) is 1. The summed E-state index contributed by atoms with van der Waals surface area (Å²) in [7, 11) is 3.70. The van der Waals surface area contributed by atoms with Crippen molar-refractivity contribution in [2.24, 2.45) is 0 Å². The maximum atomic E-state index is 11.6. The smallest absolute Gasteiger partial charge is 0.278 e. The average Bonchev–Trinajstić information content (AvgIpc) is 2.69. The van der Waals surface area contributed by atoms with E-state index in [2.05, 4.69) is 20.3 Å². The fraction of sp³-hybridized carbons (Fsp3) is 0.700. The lowest BCUT2D eigenvalue weighted by Gasteiger charge is -2.18. The van der Waals surface area contributed by atoms with E-state index in [4.69, 9.17) is 4.74 Å². The zero-order chi connectivity index (χ0) is 12.8. The first-order valence-corrected chi connectivity index (χ1v) is 5.38. The number of carbonyl (C=O) groups excluding carboxylic acids is 1. The molecule has 1 atom stereocenters. The molecule has 1 amide bonds. The average molecular weight is 242 g/mol. The number of aromatic nitrogens is 2. The first-order valence-electron chi connectivity index (χ1n) is 5.38. The van der Waals surface area contributed by atoms with Gasteiger partial charge in [0, 0.05) is 0 Å². The van der Waals surface area contributed by atoms with Crippen LogP contribution in [0.5, 0.6) is 5.88 Å². The Balaban J connectivity index is 2.21. The minimum absolute atomic E-state index is 0.0337. The van der Waals surface area contributed by atoms with Crippen molar-refractivity contribution in [1.82, 2.24) is 20.5 Å². The van der Waals surface area contributed by atoms with E-state index < -0.39 is 0 Å². The number of likely N-dealkylation sites (N-methyl/N-ethyl adjacent to an activating group) is 1. The molecule has 0 aliphatic heterocycles. The van der Waals surface area contributed by atoms with Gasteiger partial charge in [0.25, 0.3) is 5.88 Å². The molecule has 1 aromatic rings. The van der Waals surface area contributed by atoms with Crippen LogP contribution in [0.2, 0.25) is 0 Å². The van der Waals surface area contributed by atoms with Crippen molar-refractivity contribution in [3.05, 3.63) is 5.69 Å². The van der Waals surface area contributed by atoms with E-state index >= 15 is 0 Å². The number of carbonyl (C=O) groups is 1. The molecule has 1 rings (SSSR count). The molecule has 1 heterocycles. The Morgan fingerprint density at radius 3 is 2.76 bits per heavy atom. The third-order valence-electron chi connectivity index (χ3n) is 2.41. The second-order valence-corrected chi connectivity index (χ2v) is 3.93. The molecule has 1 N–H and O–H groups in total. The highest BCUT2D eigenvalue weighted by Crippen LogP contribution is 2.09. The van der Waals surface area contributed by atoms with Gasteiger partial charge in [0.05, 0.1) is 12.6 Å². The van der Waals surface area contributed by atoms with Crippen LogP contribution in [0.3, 0.4) is 0 Å². The number of nitrogens with zero attached hydrogens (tertiary/aromatic N) is 3. The highest BCUT2D eigenvalue weighted by atomic mass is 16.6. The molecule has 1 unspecified atom stereocenters. The third-order valence-corrected chi connectivity index (χ3v) is 2.41. The van der Waals surface area contributed by atoms with Gasteiger partial charge >= 0.3 is 0 Å². The zero-order valence-electron chi connectivity index (χ0n) is 10.6. The van der Waals surface area contributed by atoms with E-state index in [0.29, 0.717) is 24.7 Å². The van der Waals surface area contributed by atoms with Gasteiger partial charge in [-0.3, -0.25) is 9.69 Å². The number of rotatable bonds is 6. The first kappa shape index (κ1) is 13.4. The quantitative estimate of drug-likeness (QED) is 0.697. The molecule has 0 saturated heterocycles. The van der Waals surface area contributed by atoms with E-state index in [1.165, 1.54) is 0 Å². The van der Waals surface area contributed by atoms with Crippen LogP contribution in [0, 0.1) is 6.92 Å². The van der Waals surface area contributed by atoms with Crippen LogP contribution in [0.15, 0.2) is 4.63 Å². The fourth-order valence-electron chi connectivity index (χ4n) is 1.06. The monoisotopic (exact) mass is 242 g/mol. The van der Waals surface area contributed by atoms with Crippen molar-refractivity contribution < 1.29 is 14.2 Å². The number of hydrogen-bond acceptors (Lipinski definition) is 6. The van der Waals surface area contributed by atoms with Gasteiger partial charge in [-0.15, -0.1) is 0 Å². The Morgan fingerprint density at radius 2 is 2.24 bits per heavy atom. The molecule has 0 fully saturated rings. The van der Waals surface area contributed by atoms with Gasteiger partial charge in [-0.2, -0.15) is 0 Å². The Morgan fingerprint density at radius 1 is 1.53 bits per heavy atom. The number of aryl methyl sites for hydroxylation is 1. The minimum atomic E-state index is -0.162. The van der Waals surface area contributed by atoms with Crippen molar-refractivity contribution in [2.75, 3.05) is 27.2 Å². The van der Waals surface area contributed by atoms with Crippen LogP contribution in [-0.4, -0.2) is 54.4 Å². The van der Waals surface area contributed by atoms with Gasteiger partial charge < -0.3 is 10.1 Å². The summed E-state index contributed by atoms with van der Waals surface area (Å²) < 4.78 is 9.75. The van der Waals surface area contributed by atoms with Gasteiger partial charge in [0.15, 0.2) is 0 Å². The molecule has 7 heteroatoms. The lowest BCUT2D eigenvalue weighted by atomic mass is 10.3. The van der Waals surface area contributed by atoms with Crippen molar-refractivity contribution >= 4 is 5.91 Å². The van der Waals surface area contributed by atoms with E-state index in [-0.39, 0.29) is 11.9 Å². The zero-order valence-corrected chi connectivity index (χ0v) is 10.6. The summed E-state index contributed by atoms with van der Waals surface area (Å²) in [6.07, 6.45) is 0. The highest BCUT2D eigenvalue weighted by Gasteiger charge is 2.14. The molecule has 0 bridgehead atoms. The first-order chi connectivity index (χ1) is 8.02. The summed E-state index contributed by atoms with van der Waals surface area (Å²) in [6, 6.07) is -0.162. The molecule has 17 heavy (non-hydrogen) atoms. The SMILES string of the molecule is Cc1nonc1OCCNC(=O)C(C)N(C)C. The molecule has 7 nitrogen and oxygen atoms in total. The molecule has 0 aliphatic carbocycles. The normalized spacial score (nSPS) is 12.5. The van der Waals surface area contributed by atoms with Crippen LogP contribution >= 0.6 is 0 Å². The predicted molar refractivity (Wildman–Crippen MR) is 60.7 cm³/mol.